The molecule has 21 heavy (non-hydrogen) atoms. The van der Waals surface area contributed by atoms with E-state index in [2.05, 4.69) is 28.1 Å². The summed E-state index contributed by atoms with van der Waals surface area (Å²) in [7, 11) is 0. The second-order valence-corrected chi connectivity index (χ2v) is 5.85. The van der Waals surface area contributed by atoms with Crippen LogP contribution in [0.1, 0.15) is 30.4 Å². The normalized spacial score (nSPS) is 10.4. The van der Waals surface area contributed by atoms with Gasteiger partial charge in [0, 0.05) is 10.0 Å². The molecule has 0 heterocycles. The molecule has 0 fully saturated rings. The topological polar surface area (TPSA) is 0 Å². The Bertz CT molecular complexity index is 584. The molecule has 0 unspecified atom stereocenters. The van der Waals surface area contributed by atoms with Crippen LogP contribution < -0.4 is 0 Å². The van der Waals surface area contributed by atoms with Gasteiger partial charge in [-0.3, -0.25) is 0 Å². The van der Waals surface area contributed by atoms with Gasteiger partial charge in [0.25, 0.3) is 6.08 Å². The fraction of sp³-hybridized carbons (Fsp3) is 0.222. The third-order valence-electron chi connectivity index (χ3n) is 3.41. The van der Waals surface area contributed by atoms with Gasteiger partial charge in [-0.1, -0.05) is 58.4 Å². The molecule has 0 spiro atoms. The highest BCUT2D eigenvalue weighted by Gasteiger charge is 2.09. The predicted octanol–water partition coefficient (Wildman–Crippen LogP) is 6.47. The smallest absolute Gasteiger partial charge is 0.173 e. The van der Waals surface area contributed by atoms with Gasteiger partial charge in [-0.25, -0.2) is 0 Å². The molecule has 0 N–H and O–H groups in total. The van der Waals surface area contributed by atoms with Crippen molar-refractivity contribution in [2.75, 3.05) is 0 Å². The Morgan fingerprint density at radius 2 is 1.52 bits per heavy atom. The van der Waals surface area contributed by atoms with E-state index < -0.39 is 6.08 Å². The third-order valence-corrected chi connectivity index (χ3v) is 3.93. The lowest BCUT2D eigenvalue weighted by atomic mass is 9.99. The molecule has 2 rings (SSSR count). The number of allylic oxidation sites excluding steroid dienone is 1. The van der Waals surface area contributed by atoms with Crippen LogP contribution in [0.5, 0.6) is 0 Å². The van der Waals surface area contributed by atoms with E-state index >= 15 is 0 Å². The zero-order chi connectivity index (χ0) is 15.1. The summed E-state index contributed by atoms with van der Waals surface area (Å²) in [5, 5.41) is 0. The fourth-order valence-electron chi connectivity index (χ4n) is 2.27. The molecule has 0 atom stereocenters. The van der Waals surface area contributed by atoms with Crippen LogP contribution in [-0.4, -0.2) is 0 Å². The Hall–Kier alpha value is -1.48. The van der Waals surface area contributed by atoms with Crippen molar-refractivity contribution in [3.05, 3.63) is 76.3 Å². The van der Waals surface area contributed by atoms with E-state index in [1.165, 1.54) is 5.56 Å². The molecule has 0 aromatic heterocycles. The van der Waals surface area contributed by atoms with Crippen LogP contribution in [0, 0.1) is 0 Å². The van der Waals surface area contributed by atoms with Crippen LogP contribution >= 0.6 is 15.9 Å². The molecular weight excluding hydrogens is 334 g/mol. The van der Waals surface area contributed by atoms with E-state index in [1.54, 1.807) is 24.3 Å². The molecule has 0 aliphatic rings. The number of halogens is 3. The Kier molecular flexibility index (Phi) is 6.12. The SMILES string of the molecule is FC(F)=C(CCCCc1ccccc1)c1ccc(Br)cc1. The quantitative estimate of drug-likeness (QED) is 0.523. The Balaban J connectivity index is 1.90. The second kappa shape index (κ2) is 8.08. The van der Waals surface area contributed by atoms with Crippen LogP contribution in [0.4, 0.5) is 8.78 Å². The number of benzene rings is 2. The van der Waals surface area contributed by atoms with Crippen molar-refractivity contribution < 1.29 is 8.78 Å². The van der Waals surface area contributed by atoms with Crippen molar-refractivity contribution in [1.29, 1.82) is 0 Å². The van der Waals surface area contributed by atoms with Crippen LogP contribution in [0.3, 0.4) is 0 Å². The molecular formula is C18H17BrF2. The molecule has 0 amide bonds. The number of rotatable bonds is 6. The fourth-order valence-corrected chi connectivity index (χ4v) is 2.54. The summed E-state index contributed by atoms with van der Waals surface area (Å²) in [5.41, 5.74) is 2.03. The Morgan fingerprint density at radius 3 is 2.14 bits per heavy atom. The number of aryl methyl sites for hydroxylation is 1. The maximum Gasteiger partial charge on any atom is 0.274 e. The monoisotopic (exact) mass is 350 g/mol. The number of hydrogen-bond donors (Lipinski definition) is 0. The lowest BCUT2D eigenvalue weighted by Gasteiger charge is -2.07. The largest absolute Gasteiger partial charge is 0.274 e. The molecule has 0 saturated heterocycles. The molecule has 0 radical (unpaired) electrons. The van der Waals surface area contributed by atoms with Gasteiger partial charge in [0.1, 0.15) is 0 Å². The van der Waals surface area contributed by atoms with E-state index in [4.69, 9.17) is 0 Å². The van der Waals surface area contributed by atoms with Gasteiger partial charge in [0.05, 0.1) is 0 Å². The van der Waals surface area contributed by atoms with E-state index in [-0.39, 0.29) is 5.57 Å². The first-order valence-electron chi connectivity index (χ1n) is 7.01. The highest BCUT2D eigenvalue weighted by molar-refractivity contribution is 9.10. The first kappa shape index (κ1) is 15.9. The summed E-state index contributed by atoms with van der Waals surface area (Å²) in [6.45, 7) is 0. The zero-order valence-electron chi connectivity index (χ0n) is 11.7. The average Bonchev–Trinajstić information content (AvgIpc) is 2.49. The van der Waals surface area contributed by atoms with Gasteiger partial charge >= 0.3 is 0 Å². The third kappa shape index (κ3) is 5.09. The average molecular weight is 351 g/mol. The van der Waals surface area contributed by atoms with E-state index in [0.717, 1.165) is 23.7 Å². The van der Waals surface area contributed by atoms with Crippen molar-refractivity contribution in [2.24, 2.45) is 0 Å². The molecule has 2 aromatic carbocycles. The molecule has 0 saturated carbocycles. The van der Waals surface area contributed by atoms with Gasteiger partial charge in [-0.05, 0) is 48.9 Å². The van der Waals surface area contributed by atoms with E-state index in [0.29, 0.717) is 12.0 Å². The summed E-state index contributed by atoms with van der Waals surface area (Å²) in [6.07, 6.45) is 1.45. The van der Waals surface area contributed by atoms with Crippen molar-refractivity contribution in [2.45, 2.75) is 25.7 Å². The van der Waals surface area contributed by atoms with Gasteiger partial charge in [-0.15, -0.1) is 0 Å². The molecule has 0 nitrogen and oxygen atoms in total. The van der Waals surface area contributed by atoms with Crippen molar-refractivity contribution in [1.82, 2.24) is 0 Å². The van der Waals surface area contributed by atoms with E-state index in [9.17, 15) is 8.78 Å². The number of hydrogen-bond acceptors (Lipinski definition) is 0. The zero-order valence-corrected chi connectivity index (χ0v) is 13.2. The first-order valence-corrected chi connectivity index (χ1v) is 7.80. The summed E-state index contributed by atoms with van der Waals surface area (Å²) in [5.74, 6) is 0. The molecule has 110 valence electrons. The van der Waals surface area contributed by atoms with Crippen LogP contribution in [0.25, 0.3) is 5.57 Å². The molecule has 0 bridgehead atoms. The summed E-state index contributed by atoms with van der Waals surface area (Å²) < 4.78 is 27.1. The minimum Gasteiger partial charge on any atom is -0.173 e. The minimum atomic E-state index is -1.57. The van der Waals surface area contributed by atoms with Crippen molar-refractivity contribution >= 4 is 21.5 Å². The van der Waals surface area contributed by atoms with Gasteiger partial charge < -0.3 is 0 Å². The van der Waals surface area contributed by atoms with Crippen LogP contribution in [0.2, 0.25) is 0 Å². The lowest BCUT2D eigenvalue weighted by molar-refractivity contribution is 0.422. The summed E-state index contributed by atoms with van der Waals surface area (Å²) >= 11 is 3.32. The minimum absolute atomic E-state index is 0.163. The second-order valence-electron chi connectivity index (χ2n) is 4.94. The Labute approximate surface area is 132 Å². The van der Waals surface area contributed by atoms with Gasteiger partial charge in [-0.2, -0.15) is 8.78 Å². The highest BCUT2D eigenvalue weighted by Crippen LogP contribution is 2.27. The lowest BCUT2D eigenvalue weighted by Crippen LogP contribution is -1.90. The molecule has 3 heteroatoms. The van der Waals surface area contributed by atoms with Crippen LogP contribution in [-0.2, 0) is 6.42 Å². The van der Waals surface area contributed by atoms with Gasteiger partial charge in [0.15, 0.2) is 0 Å². The first-order chi connectivity index (χ1) is 10.2. The summed E-state index contributed by atoms with van der Waals surface area (Å²) in [6, 6.07) is 17.2. The number of unbranched alkanes of at least 4 members (excludes halogenated alkanes) is 1. The van der Waals surface area contributed by atoms with E-state index in [1.807, 2.05) is 18.2 Å². The van der Waals surface area contributed by atoms with Crippen molar-refractivity contribution in [3.63, 3.8) is 0 Å². The molecule has 0 aliphatic heterocycles. The van der Waals surface area contributed by atoms with Crippen LogP contribution in [0.15, 0.2) is 65.2 Å². The maximum absolute atomic E-state index is 13.1. The molecule has 0 aliphatic carbocycles. The molecule has 2 aromatic rings. The maximum atomic E-state index is 13.1. The van der Waals surface area contributed by atoms with Crippen molar-refractivity contribution in [3.8, 4) is 0 Å². The highest BCUT2D eigenvalue weighted by atomic mass is 79.9. The standard InChI is InChI=1S/C18H17BrF2/c19-16-12-10-15(11-13-16)17(18(20)21)9-5-4-8-14-6-2-1-3-7-14/h1-3,6-7,10-13H,4-5,8-9H2. The van der Waals surface area contributed by atoms with Gasteiger partial charge in [0.2, 0.25) is 0 Å². The Morgan fingerprint density at radius 1 is 0.857 bits per heavy atom. The summed E-state index contributed by atoms with van der Waals surface area (Å²) in [4.78, 5) is 0. The predicted molar refractivity (Wildman–Crippen MR) is 87.3 cm³/mol.